The van der Waals surface area contributed by atoms with Gasteiger partial charge < -0.3 is 19.5 Å². The van der Waals surface area contributed by atoms with Gasteiger partial charge in [-0.15, -0.1) is 0 Å². The number of rotatable bonds is 8. The zero-order valence-electron chi connectivity index (χ0n) is 15.3. The number of nitriles is 1. The normalized spacial score (nSPS) is 10.9. The summed E-state index contributed by atoms with van der Waals surface area (Å²) in [5, 5.41) is 11.3. The van der Waals surface area contributed by atoms with Crippen LogP contribution in [0.4, 0.5) is 5.69 Å². The fourth-order valence-corrected chi connectivity index (χ4v) is 2.17. The second kappa shape index (κ2) is 9.73. The van der Waals surface area contributed by atoms with Crippen LogP contribution in [-0.2, 0) is 14.3 Å². The smallest absolute Gasteiger partial charge is 0.344 e. The predicted octanol–water partition coefficient (Wildman–Crippen LogP) is 2.33. The quantitative estimate of drug-likeness (QED) is 0.550. The van der Waals surface area contributed by atoms with Crippen molar-refractivity contribution in [2.75, 3.05) is 19.0 Å². The van der Waals surface area contributed by atoms with Gasteiger partial charge in [-0.3, -0.25) is 9.59 Å². The van der Waals surface area contributed by atoms with Crippen molar-refractivity contribution in [3.8, 4) is 17.6 Å². The Bertz CT molecular complexity index is 902. The van der Waals surface area contributed by atoms with Crippen LogP contribution in [0.3, 0.4) is 0 Å². The zero-order valence-corrected chi connectivity index (χ0v) is 15.3. The Hall–Kier alpha value is -3.86. The number of hydrogen-bond donors (Lipinski definition) is 1. The molecule has 0 saturated carbocycles. The van der Waals surface area contributed by atoms with E-state index in [1.807, 2.05) is 6.07 Å². The second-order valence-electron chi connectivity index (χ2n) is 5.63. The molecule has 2 aromatic rings. The van der Waals surface area contributed by atoms with E-state index >= 15 is 0 Å². The summed E-state index contributed by atoms with van der Waals surface area (Å²) < 4.78 is 15.5. The number of ether oxygens (including phenoxy) is 3. The molecule has 1 amide bonds. The first-order valence-corrected chi connectivity index (χ1v) is 8.23. The molecule has 0 unspecified atom stereocenters. The minimum absolute atomic E-state index is 0.264. The summed E-state index contributed by atoms with van der Waals surface area (Å²) in [6.07, 6.45) is -0.389. The third-order valence-electron chi connectivity index (χ3n) is 3.63. The first kappa shape index (κ1) is 20.5. The Morgan fingerprint density at radius 2 is 1.89 bits per heavy atom. The lowest BCUT2D eigenvalue weighted by molar-refractivity contribution is -0.155. The molecule has 144 valence electrons. The lowest BCUT2D eigenvalue weighted by atomic mass is 10.2. The van der Waals surface area contributed by atoms with Crippen molar-refractivity contribution in [3.05, 3.63) is 53.6 Å². The van der Waals surface area contributed by atoms with Gasteiger partial charge in [0.05, 0.1) is 18.7 Å². The number of nitrogens with one attached hydrogen (secondary N) is 1. The van der Waals surface area contributed by atoms with E-state index in [0.717, 1.165) is 0 Å². The van der Waals surface area contributed by atoms with E-state index in [4.69, 9.17) is 19.5 Å². The van der Waals surface area contributed by atoms with Gasteiger partial charge in [0.25, 0.3) is 5.91 Å². The van der Waals surface area contributed by atoms with Crippen LogP contribution in [0.1, 0.15) is 22.8 Å². The fourth-order valence-electron chi connectivity index (χ4n) is 2.17. The van der Waals surface area contributed by atoms with Crippen molar-refractivity contribution < 1.29 is 28.6 Å². The summed E-state index contributed by atoms with van der Waals surface area (Å²) in [6.45, 7) is 0.988. The Kier molecular flexibility index (Phi) is 7.11. The summed E-state index contributed by atoms with van der Waals surface area (Å²) in [5.74, 6) is -0.710. The Balaban J connectivity index is 1.87. The highest BCUT2D eigenvalue weighted by atomic mass is 16.6. The maximum Gasteiger partial charge on any atom is 0.344 e. The molecule has 1 atom stereocenters. The van der Waals surface area contributed by atoms with Crippen molar-refractivity contribution in [1.29, 1.82) is 5.26 Å². The van der Waals surface area contributed by atoms with Gasteiger partial charge in [-0.2, -0.15) is 5.26 Å². The number of benzene rings is 2. The summed E-state index contributed by atoms with van der Waals surface area (Å²) in [7, 11) is 1.41. The minimum Gasteiger partial charge on any atom is -0.493 e. The number of amides is 1. The summed E-state index contributed by atoms with van der Waals surface area (Å²) in [6, 6.07) is 12.7. The SMILES string of the molecule is COc1cc(C=O)ccc1OCC(=O)O[C@@H](C)C(=O)Nc1ccc(C#N)cc1. The number of methoxy groups -OCH3 is 1. The van der Waals surface area contributed by atoms with Crippen LogP contribution in [0.2, 0.25) is 0 Å². The molecule has 0 aromatic heterocycles. The van der Waals surface area contributed by atoms with Crippen LogP contribution in [-0.4, -0.2) is 38.0 Å². The molecule has 0 aliphatic heterocycles. The maximum atomic E-state index is 12.1. The van der Waals surface area contributed by atoms with Gasteiger partial charge in [-0.25, -0.2) is 4.79 Å². The highest BCUT2D eigenvalue weighted by Crippen LogP contribution is 2.27. The molecule has 0 aliphatic carbocycles. The standard InChI is InChI=1S/C20H18N2O6/c1-13(20(25)22-16-6-3-14(10-21)4-7-16)28-19(24)12-27-17-8-5-15(11-23)9-18(17)26-2/h3-9,11,13H,12H2,1-2H3,(H,22,25)/t13-/m0/s1. The summed E-state index contributed by atoms with van der Waals surface area (Å²) >= 11 is 0. The summed E-state index contributed by atoms with van der Waals surface area (Å²) in [5.41, 5.74) is 1.34. The highest BCUT2D eigenvalue weighted by Gasteiger charge is 2.19. The Morgan fingerprint density at radius 1 is 1.18 bits per heavy atom. The van der Waals surface area contributed by atoms with Crippen molar-refractivity contribution in [2.24, 2.45) is 0 Å². The molecule has 8 heteroatoms. The lowest BCUT2D eigenvalue weighted by Crippen LogP contribution is -2.31. The molecule has 0 bridgehead atoms. The Morgan fingerprint density at radius 3 is 2.50 bits per heavy atom. The molecule has 2 rings (SSSR count). The summed E-state index contributed by atoms with van der Waals surface area (Å²) in [4.78, 5) is 34.8. The van der Waals surface area contributed by atoms with Crippen molar-refractivity contribution in [2.45, 2.75) is 13.0 Å². The number of esters is 1. The third kappa shape index (κ3) is 5.57. The van der Waals surface area contributed by atoms with E-state index in [1.54, 1.807) is 24.3 Å². The molecule has 0 fully saturated rings. The van der Waals surface area contributed by atoms with Crippen LogP contribution in [0.25, 0.3) is 0 Å². The molecule has 0 heterocycles. The third-order valence-corrected chi connectivity index (χ3v) is 3.63. The van der Waals surface area contributed by atoms with Gasteiger partial charge in [0, 0.05) is 11.3 Å². The number of carbonyl (C=O) groups is 3. The number of hydrogen-bond acceptors (Lipinski definition) is 7. The van der Waals surface area contributed by atoms with Gasteiger partial charge in [-0.05, 0) is 49.4 Å². The van der Waals surface area contributed by atoms with Gasteiger partial charge in [0.1, 0.15) is 6.29 Å². The monoisotopic (exact) mass is 382 g/mol. The second-order valence-corrected chi connectivity index (χ2v) is 5.63. The fraction of sp³-hybridized carbons (Fsp3) is 0.200. The first-order valence-electron chi connectivity index (χ1n) is 8.23. The van der Waals surface area contributed by atoms with Crippen LogP contribution in [0.15, 0.2) is 42.5 Å². The molecule has 28 heavy (non-hydrogen) atoms. The van der Waals surface area contributed by atoms with Gasteiger partial charge in [0.15, 0.2) is 24.2 Å². The maximum absolute atomic E-state index is 12.1. The van der Waals surface area contributed by atoms with E-state index in [2.05, 4.69) is 5.32 Å². The largest absolute Gasteiger partial charge is 0.493 e. The number of aldehydes is 1. The number of carbonyl (C=O) groups excluding carboxylic acids is 3. The number of anilines is 1. The molecule has 0 spiro atoms. The molecular weight excluding hydrogens is 364 g/mol. The molecule has 0 aliphatic rings. The number of nitrogens with zero attached hydrogens (tertiary/aromatic N) is 1. The first-order chi connectivity index (χ1) is 13.5. The van der Waals surface area contributed by atoms with Gasteiger partial charge in [-0.1, -0.05) is 0 Å². The van der Waals surface area contributed by atoms with E-state index in [-0.39, 0.29) is 5.75 Å². The molecule has 8 nitrogen and oxygen atoms in total. The molecule has 0 radical (unpaired) electrons. The van der Waals surface area contributed by atoms with Crippen LogP contribution >= 0.6 is 0 Å². The van der Waals surface area contributed by atoms with Gasteiger partial charge >= 0.3 is 5.97 Å². The predicted molar refractivity (Wildman–Crippen MR) is 99.2 cm³/mol. The van der Waals surface area contributed by atoms with E-state index in [9.17, 15) is 14.4 Å². The minimum atomic E-state index is -1.05. The molecule has 0 saturated heterocycles. The average molecular weight is 382 g/mol. The van der Waals surface area contributed by atoms with E-state index < -0.39 is 24.6 Å². The lowest BCUT2D eigenvalue weighted by Gasteiger charge is -2.15. The highest BCUT2D eigenvalue weighted by molar-refractivity contribution is 5.95. The van der Waals surface area contributed by atoms with Gasteiger partial charge in [0.2, 0.25) is 0 Å². The molecule has 2 aromatic carbocycles. The van der Waals surface area contributed by atoms with Crippen molar-refractivity contribution >= 4 is 23.9 Å². The van der Waals surface area contributed by atoms with Crippen LogP contribution in [0, 0.1) is 11.3 Å². The Labute approximate surface area is 161 Å². The topological polar surface area (TPSA) is 115 Å². The van der Waals surface area contributed by atoms with E-state index in [1.165, 1.54) is 32.2 Å². The van der Waals surface area contributed by atoms with E-state index in [0.29, 0.717) is 28.8 Å². The van der Waals surface area contributed by atoms with Crippen LogP contribution in [0.5, 0.6) is 11.5 Å². The van der Waals surface area contributed by atoms with Crippen molar-refractivity contribution in [1.82, 2.24) is 0 Å². The zero-order chi connectivity index (χ0) is 20.5. The average Bonchev–Trinajstić information content (AvgIpc) is 2.72. The molecular formula is C20H18N2O6. The van der Waals surface area contributed by atoms with Crippen molar-refractivity contribution in [3.63, 3.8) is 0 Å². The van der Waals surface area contributed by atoms with Crippen LogP contribution < -0.4 is 14.8 Å². The molecule has 1 N–H and O–H groups in total.